The number of aldehydes is 1. The molecule has 0 aromatic carbocycles. The van der Waals surface area contributed by atoms with Crippen molar-refractivity contribution >= 4 is 52.0 Å². The van der Waals surface area contributed by atoms with Gasteiger partial charge < -0.3 is 0 Å². The average Bonchev–Trinajstić information content (AvgIpc) is 3.03. The van der Waals surface area contributed by atoms with Crippen molar-refractivity contribution in [2.45, 2.75) is 25.4 Å². The Labute approximate surface area is 192 Å². The monoisotopic (exact) mass is 470 g/mol. The van der Waals surface area contributed by atoms with Crippen molar-refractivity contribution in [2.24, 2.45) is 5.92 Å². The Balaban J connectivity index is 0.00000320. The minimum Gasteiger partial charge on any atom is -0.299 e. The maximum absolute atomic E-state index is 12.5. The number of hydrogen-bond acceptors (Lipinski definition) is 6. The molecule has 0 amide bonds. The number of fused-ring (bicyclic) bond motifs is 1. The molecule has 1 unspecified atom stereocenters. The zero-order valence-corrected chi connectivity index (χ0v) is 19.3. The maximum atomic E-state index is 12.5. The van der Waals surface area contributed by atoms with Gasteiger partial charge in [-0.3, -0.25) is 24.0 Å². The highest BCUT2D eigenvalue weighted by Gasteiger charge is 2.28. The molecule has 2 aromatic heterocycles. The lowest BCUT2D eigenvalue weighted by atomic mass is 9.93. The molecule has 1 saturated heterocycles. The van der Waals surface area contributed by atoms with E-state index in [-0.39, 0.29) is 17.3 Å². The van der Waals surface area contributed by atoms with Gasteiger partial charge in [-0.15, -0.1) is 25.6 Å². The van der Waals surface area contributed by atoms with Crippen LogP contribution in [0.25, 0.3) is 10.3 Å². The first-order chi connectivity index (χ1) is 14.1. The maximum Gasteiger partial charge on any atom is 0.311 e. The van der Waals surface area contributed by atoms with E-state index in [0.717, 1.165) is 69.6 Å². The van der Waals surface area contributed by atoms with Crippen LogP contribution in [0.2, 0.25) is 5.02 Å². The highest BCUT2D eigenvalue weighted by molar-refractivity contribution is 7.16. The average molecular weight is 471 g/mol. The Morgan fingerprint density at radius 2 is 1.97 bits per heavy atom. The number of piperidine rings is 1. The van der Waals surface area contributed by atoms with Crippen LogP contribution in [-0.4, -0.2) is 58.4 Å². The van der Waals surface area contributed by atoms with Gasteiger partial charge >= 0.3 is 4.87 Å². The molecule has 0 bridgehead atoms. The van der Waals surface area contributed by atoms with Gasteiger partial charge in [0.15, 0.2) is 6.29 Å². The number of halogens is 2. The first-order valence-electron chi connectivity index (χ1n) is 9.87. The van der Waals surface area contributed by atoms with E-state index in [0.29, 0.717) is 21.3 Å². The van der Waals surface area contributed by atoms with E-state index < -0.39 is 6.17 Å². The van der Waals surface area contributed by atoms with Gasteiger partial charge in [-0.25, -0.2) is 4.98 Å². The lowest BCUT2D eigenvalue weighted by Crippen LogP contribution is -2.42. The molecule has 0 aliphatic carbocycles. The number of thiazole rings is 1. The van der Waals surface area contributed by atoms with Gasteiger partial charge in [0.05, 0.1) is 10.5 Å². The fourth-order valence-electron chi connectivity index (χ4n) is 3.95. The topological polar surface area (TPSA) is 58.4 Å². The number of aromatic nitrogens is 2. The summed E-state index contributed by atoms with van der Waals surface area (Å²) in [5, 5.41) is 0.455. The highest BCUT2D eigenvalue weighted by Crippen LogP contribution is 2.27. The second kappa shape index (κ2) is 11.8. The molecule has 1 fully saturated rings. The molecule has 2 aromatic rings. The van der Waals surface area contributed by atoms with E-state index in [1.807, 2.05) is 12.2 Å². The molecular weight excluding hydrogens is 443 g/mol. The summed E-state index contributed by atoms with van der Waals surface area (Å²) in [6, 6.07) is 1.71. The predicted octanol–water partition coefficient (Wildman–Crippen LogP) is 4.01. The van der Waals surface area contributed by atoms with Crippen LogP contribution in [0.3, 0.4) is 0 Å². The van der Waals surface area contributed by atoms with Gasteiger partial charge in [0.25, 0.3) is 0 Å². The largest absolute Gasteiger partial charge is 0.311 e. The number of pyridine rings is 1. The van der Waals surface area contributed by atoms with Gasteiger partial charge in [-0.2, -0.15) is 0 Å². The van der Waals surface area contributed by atoms with Crippen LogP contribution in [0.15, 0.2) is 42.4 Å². The smallest absolute Gasteiger partial charge is 0.299 e. The van der Waals surface area contributed by atoms with Gasteiger partial charge in [-0.1, -0.05) is 35.1 Å². The molecule has 1 aliphatic heterocycles. The number of carbonyl (C=O) groups is 1. The van der Waals surface area contributed by atoms with E-state index in [4.69, 9.17) is 11.6 Å². The summed E-state index contributed by atoms with van der Waals surface area (Å²) in [5.74, 6) is 0.614. The third kappa shape index (κ3) is 5.80. The molecule has 9 heteroatoms. The van der Waals surface area contributed by atoms with Crippen molar-refractivity contribution in [3.63, 3.8) is 0 Å². The van der Waals surface area contributed by atoms with E-state index in [1.165, 1.54) is 10.8 Å². The Morgan fingerprint density at radius 3 is 2.57 bits per heavy atom. The van der Waals surface area contributed by atoms with Crippen LogP contribution in [-0.2, 0) is 4.79 Å². The fraction of sp³-hybridized carbons (Fsp3) is 0.476. The molecule has 164 valence electrons. The Morgan fingerprint density at radius 1 is 1.30 bits per heavy atom. The van der Waals surface area contributed by atoms with Gasteiger partial charge in [0.2, 0.25) is 0 Å². The SMILES string of the molecule is C=CCN(CC=C)CCC1CCN(C(C=O)n2c(=O)sc3ncc(Cl)cc32)CC1.Cl. The molecular formula is C21H28Cl2N4O2S. The summed E-state index contributed by atoms with van der Waals surface area (Å²) in [4.78, 5) is 33.6. The zero-order valence-electron chi connectivity index (χ0n) is 16.9. The van der Waals surface area contributed by atoms with Crippen molar-refractivity contribution in [1.82, 2.24) is 19.4 Å². The second-order valence-corrected chi connectivity index (χ2v) is 8.75. The van der Waals surface area contributed by atoms with E-state index in [2.05, 4.69) is 27.9 Å². The summed E-state index contributed by atoms with van der Waals surface area (Å²) in [7, 11) is 0. The molecule has 0 spiro atoms. The van der Waals surface area contributed by atoms with E-state index in [9.17, 15) is 9.59 Å². The highest BCUT2D eigenvalue weighted by atomic mass is 35.5. The molecule has 1 aliphatic rings. The summed E-state index contributed by atoms with van der Waals surface area (Å²) in [5.41, 5.74) is 0.621. The normalized spacial score (nSPS) is 16.3. The molecule has 0 saturated carbocycles. The van der Waals surface area contributed by atoms with Crippen LogP contribution >= 0.6 is 35.3 Å². The van der Waals surface area contributed by atoms with Gasteiger partial charge in [0, 0.05) is 32.4 Å². The number of hydrogen-bond donors (Lipinski definition) is 0. The minimum atomic E-state index is -0.615. The third-order valence-electron chi connectivity index (χ3n) is 5.48. The lowest BCUT2D eigenvalue weighted by molar-refractivity contribution is -0.116. The zero-order chi connectivity index (χ0) is 20.8. The fourth-order valence-corrected chi connectivity index (χ4v) is 4.94. The van der Waals surface area contributed by atoms with Crippen molar-refractivity contribution < 1.29 is 4.79 Å². The molecule has 30 heavy (non-hydrogen) atoms. The number of likely N-dealkylation sites (tertiary alicyclic amines) is 1. The number of rotatable bonds is 10. The van der Waals surface area contributed by atoms with Crippen molar-refractivity contribution in [1.29, 1.82) is 0 Å². The first kappa shape index (κ1) is 24.8. The van der Waals surface area contributed by atoms with Crippen LogP contribution < -0.4 is 4.87 Å². The van der Waals surface area contributed by atoms with Gasteiger partial charge in [0.1, 0.15) is 11.0 Å². The number of nitrogens with zero attached hydrogens (tertiary/aromatic N) is 4. The summed E-state index contributed by atoms with van der Waals surface area (Å²) < 4.78 is 1.53. The first-order valence-corrected chi connectivity index (χ1v) is 11.1. The second-order valence-electron chi connectivity index (χ2n) is 7.37. The minimum absolute atomic E-state index is 0. The van der Waals surface area contributed by atoms with Crippen molar-refractivity contribution in [3.05, 3.63) is 52.3 Å². The van der Waals surface area contributed by atoms with Crippen LogP contribution in [0.1, 0.15) is 25.4 Å². The van der Waals surface area contributed by atoms with E-state index in [1.54, 1.807) is 6.07 Å². The predicted molar refractivity (Wildman–Crippen MR) is 127 cm³/mol. The van der Waals surface area contributed by atoms with Gasteiger partial charge in [-0.05, 0) is 37.8 Å². The Hall–Kier alpha value is -1.51. The third-order valence-corrected chi connectivity index (χ3v) is 6.56. The molecule has 0 N–H and O–H groups in total. The molecule has 0 radical (unpaired) electrons. The number of carbonyl (C=O) groups excluding carboxylic acids is 1. The lowest BCUT2D eigenvalue weighted by Gasteiger charge is -2.36. The van der Waals surface area contributed by atoms with Crippen molar-refractivity contribution in [3.8, 4) is 0 Å². The van der Waals surface area contributed by atoms with Crippen LogP contribution in [0.4, 0.5) is 0 Å². The van der Waals surface area contributed by atoms with E-state index >= 15 is 0 Å². The summed E-state index contributed by atoms with van der Waals surface area (Å²) >= 11 is 7.11. The summed E-state index contributed by atoms with van der Waals surface area (Å²) in [6.45, 7) is 12.0. The molecule has 1 atom stereocenters. The summed E-state index contributed by atoms with van der Waals surface area (Å²) in [6.07, 6.45) is 8.73. The molecule has 6 nitrogen and oxygen atoms in total. The standard InChI is InChI=1S/C21H27ClN4O2S.ClH/c1-3-8-24(9-4-2)10-5-16-6-11-25(12-7-16)19(15-27)26-18-13-17(22)14-23-20(18)29-21(26)28;/h3-4,13-16,19H,1-2,5-12H2;1H. The Kier molecular flexibility index (Phi) is 9.71. The quantitative estimate of drug-likeness (QED) is 0.387. The van der Waals surface area contributed by atoms with Crippen LogP contribution in [0.5, 0.6) is 0 Å². The molecule has 3 rings (SSSR count). The van der Waals surface area contributed by atoms with Crippen molar-refractivity contribution in [2.75, 3.05) is 32.7 Å². The van der Waals surface area contributed by atoms with Crippen LogP contribution in [0, 0.1) is 5.92 Å². The Bertz CT molecular complexity index is 911. The molecule has 3 heterocycles.